The first-order chi connectivity index (χ1) is 13.2. The molecule has 27 heavy (non-hydrogen) atoms. The number of carbonyl (C=O) groups is 1. The van der Waals surface area contributed by atoms with Gasteiger partial charge in [-0.2, -0.15) is 5.10 Å². The first-order valence-electron chi connectivity index (χ1n) is 9.56. The van der Waals surface area contributed by atoms with Gasteiger partial charge in [0.1, 0.15) is 24.9 Å². The van der Waals surface area contributed by atoms with E-state index in [9.17, 15) is 4.79 Å². The van der Waals surface area contributed by atoms with Crippen molar-refractivity contribution in [2.45, 2.75) is 25.8 Å². The summed E-state index contributed by atoms with van der Waals surface area (Å²) in [5.74, 6) is 1.55. The SMILES string of the molecule is COc1ccccc1CCN1CCC[C@H](CN(C)C(=O)Cn2cncn2)C1. The van der Waals surface area contributed by atoms with Crippen LogP contribution in [0.2, 0.25) is 0 Å². The van der Waals surface area contributed by atoms with Crippen molar-refractivity contribution in [2.24, 2.45) is 5.92 Å². The molecule has 0 saturated carbocycles. The van der Waals surface area contributed by atoms with E-state index in [1.807, 2.05) is 24.1 Å². The summed E-state index contributed by atoms with van der Waals surface area (Å²) >= 11 is 0. The molecule has 1 aliphatic heterocycles. The van der Waals surface area contributed by atoms with Gasteiger partial charge in [0, 0.05) is 26.7 Å². The largest absolute Gasteiger partial charge is 0.496 e. The summed E-state index contributed by atoms with van der Waals surface area (Å²) in [5.41, 5.74) is 1.25. The summed E-state index contributed by atoms with van der Waals surface area (Å²) < 4.78 is 7.02. The van der Waals surface area contributed by atoms with E-state index >= 15 is 0 Å². The zero-order chi connectivity index (χ0) is 19.1. The van der Waals surface area contributed by atoms with E-state index in [0.717, 1.165) is 38.3 Å². The second kappa shape index (κ2) is 9.50. The number of likely N-dealkylation sites (N-methyl/N-ethyl adjacent to an activating group) is 1. The number of ether oxygens (including phenoxy) is 1. The second-order valence-corrected chi connectivity index (χ2v) is 7.24. The Balaban J connectivity index is 1.46. The quantitative estimate of drug-likeness (QED) is 0.707. The lowest BCUT2D eigenvalue weighted by Crippen LogP contribution is -2.42. The Kier molecular flexibility index (Phi) is 6.81. The average Bonchev–Trinajstić information content (AvgIpc) is 3.20. The maximum absolute atomic E-state index is 12.4. The molecule has 1 aliphatic rings. The summed E-state index contributed by atoms with van der Waals surface area (Å²) in [6.45, 7) is 4.23. The second-order valence-electron chi connectivity index (χ2n) is 7.24. The molecular formula is C20H29N5O2. The molecule has 0 spiro atoms. The predicted octanol–water partition coefficient (Wildman–Crippen LogP) is 1.70. The van der Waals surface area contributed by atoms with E-state index < -0.39 is 0 Å². The summed E-state index contributed by atoms with van der Waals surface area (Å²) in [4.78, 5) is 20.6. The molecular weight excluding hydrogens is 342 g/mol. The van der Waals surface area contributed by atoms with Crippen molar-refractivity contribution in [3.05, 3.63) is 42.5 Å². The number of hydrogen-bond donors (Lipinski definition) is 0. The molecule has 7 nitrogen and oxygen atoms in total. The van der Waals surface area contributed by atoms with Gasteiger partial charge in [-0.25, -0.2) is 9.67 Å². The minimum absolute atomic E-state index is 0.0756. The van der Waals surface area contributed by atoms with E-state index in [4.69, 9.17) is 4.74 Å². The highest BCUT2D eigenvalue weighted by molar-refractivity contribution is 5.75. The fraction of sp³-hybridized carbons (Fsp3) is 0.550. The molecule has 1 aromatic heterocycles. The van der Waals surface area contributed by atoms with Crippen LogP contribution in [0.3, 0.4) is 0 Å². The van der Waals surface area contributed by atoms with E-state index in [0.29, 0.717) is 5.92 Å². The molecule has 1 fully saturated rings. The molecule has 3 rings (SSSR count). The molecule has 1 saturated heterocycles. The van der Waals surface area contributed by atoms with Crippen LogP contribution in [-0.4, -0.2) is 70.8 Å². The lowest BCUT2D eigenvalue weighted by Gasteiger charge is -2.34. The molecule has 0 aliphatic carbocycles. The number of nitrogens with zero attached hydrogens (tertiary/aromatic N) is 5. The molecule has 0 bridgehead atoms. The van der Waals surface area contributed by atoms with Crippen molar-refractivity contribution >= 4 is 5.91 Å². The zero-order valence-electron chi connectivity index (χ0n) is 16.3. The van der Waals surface area contributed by atoms with Crippen LogP contribution in [0.15, 0.2) is 36.9 Å². The number of hydrogen-bond acceptors (Lipinski definition) is 5. The van der Waals surface area contributed by atoms with Gasteiger partial charge in [-0.15, -0.1) is 0 Å². The van der Waals surface area contributed by atoms with Crippen LogP contribution < -0.4 is 4.74 Å². The van der Waals surface area contributed by atoms with Gasteiger partial charge in [0.05, 0.1) is 7.11 Å². The molecule has 0 N–H and O–H groups in total. The average molecular weight is 371 g/mol. The number of amides is 1. The zero-order valence-corrected chi connectivity index (χ0v) is 16.3. The van der Waals surface area contributed by atoms with E-state index in [-0.39, 0.29) is 12.5 Å². The minimum atomic E-state index is 0.0756. The summed E-state index contributed by atoms with van der Waals surface area (Å²) in [6, 6.07) is 8.22. The Morgan fingerprint density at radius 2 is 2.22 bits per heavy atom. The maximum atomic E-state index is 12.4. The van der Waals surface area contributed by atoms with E-state index in [1.54, 1.807) is 18.1 Å². The third-order valence-corrected chi connectivity index (χ3v) is 5.21. The van der Waals surface area contributed by atoms with Crippen molar-refractivity contribution in [3.63, 3.8) is 0 Å². The lowest BCUT2D eigenvalue weighted by atomic mass is 9.97. The van der Waals surface area contributed by atoms with Crippen molar-refractivity contribution in [3.8, 4) is 5.75 Å². The van der Waals surface area contributed by atoms with Crippen molar-refractivity contribution in [2.75, 3.05) is 40.3 Å². The first-order valence-corrected chi connectivity index (χ1v) is 9.56. The molecule has 146 valence electrons. The molecule has 0 radical (unpaired) electrons. The Morgan fingerprint density at radius 3 is 3.00 bits per heavy atom. The highest BCUT2D eigenvalue weighted by Crippen LogP contribution is 2.21. The van der Waals surface area contributed by atoms with Crippen LogP contribution in [-0.2, 0) is 17.8 Å². The summed E-state index contributed by atoms with van der Waals surface area (Å²) in [7, 11) is 3.61. The van der Waals surface area contributed by atoms with Crippen LogP contribution in [0.25, 0.3) is 0 Å². The number of methoxy groups -OCH3 is 1. The Bertz CT molecular complexity index is 719. The number of rotatable bonds is 8. The normalized spacial score (nSPS) is 17.6. The smallest absolute Gasteiger partial charge is 0.244 e. The number of piperidine rings is 1. The fourth-order valence-corrected chi connectivity index (χ4v) is 3.75. The highest BCUT2D eigenvalue weighted by Gasteiger charge is 2.23. The van der Waals surface area contributed by atoms with E-state index in [1.165, 1.54) is 24.7 Å². The van der Waals surface area contributed by atoms with Gasteiger partial charge < -0.3 is 14.5 Å². The van der Waals surface area contributed by atoms with Crippen LogP contribution >= 0.6 is 0 Å². The van der Waals surface area contributed by atoms with Gasteiger partial charge in [-0.3, -0.25) is 4.79 Å². The summed E-state index contributed by atoms with van der Waals surface area (Å²) in [5, 5.41) is 4.00. The predicted molar refractivity (Wildman–Crippen MR) is 104 cm³/mol. The highest BCUT2D eigenvalue weighted by atomic mass is 16.5. The van der Waals surface area contributed by atoms with Gasteiger partial charge in [-0.1, -0.05) is 18.2 Å². The molecule has 2 aromatic rings. The molecule has 1 amide bonds. The minimum Gasteiger partial charge on any atom is -0.496 e. The van der Waals surface area contributed by atoms with Crippen molar-refractivity contribution in [1.29, 1.82) is 0 Å². The third-order valence-electron chi connectivity index (χ3n) is 5.21. The van der Waals surface area contributed by atoms with Crippen molar-refractivity contribution in [1.82, 2.24) is 24.6 Å². The van der Waals surface area contributed by atoms with Gasteiger partial charge in [0.25, 0.3) is 0 Å². The fourth-order valence-electron chi connectivity index (χ4n) is 3.75. The molecule has 1 atom stereocenters. The Hall–Kier alpha value is -2.41. The standard InChI is InChI=1S/C20H29N5O2/c1-23(20(26)14-25-16-21-15-22-25)12-17-6-5-10-24(13-17)11-9-18-7-3-4-8-19(18)27-2/h3-4,7-8,15-17H,5-6,9-14H2,1-2H3/t17-/m1/s1. The number of benzene rings is 1. The molecule has 2 heterocycles. The van der Waals surface area contributed by atoms with Gasteiger partial charge >= 0.3 is 0 Å². The van der Waals surface area contributed by atoms with E-state index in [2.05, 4.69) is 27.1 Å². The number of likely N-dealkylation sites (tertiary alicyclic amines) is 1. The van der Waals surface area contributed by atoms with Crippen molar-refractivity contribution < 1.29 is 9.53 Å². The van der Waals surface area contributed by atoms with Gasteiger partial charge in [0.15, 0.2) is 0 Å². The third kappa shape index (κ3) is 5.53. The van der Waals surface area contributed by atoms with Crippen LogP contribution in [0.1, 0.15) is 18.4 Å². The summed E-state index contributed by atoms with van der Waals surface area (Å²) in [6.07, 6.45) is 6.37. The number of carbonyl (C=O) groups excluding carboxylic acids is 1. The number of aromatic nitrogens is 3. The number of para-hydroxylation sites is 1. The topological polar surface area (TPSA) is 63.5 Å². The van der Waals surface area contributed by atoms with Crippen LogP contribution in [0, 0.1) is 5.92 Å². The monoisotopic (exact) mass is 371 g/mol. The maximum Gasteiger partial charge on any atom is 0.244 e. The van der Waals surface area contributed by atoms with Crippen LogP contribution in [0.4, 0.5) is 0 Å². The lowest BCUT2D eigenvalue weighted by molar-refractivity contribution is -0.131. The molecule has 1 aromatic carbocycles. The first kappa shape index (κ1) is 19.4. The Labute approximate surface area is 160 Å². The van der Waals surface area contributed by atoms with Gasteiger partial charge in [0.2, 0.25) is 5.91 Å². The van der Waals surface area contributed by atoms with Crippen LogP contribution in [0.5, 0.6) is 5.75 Å². The Morgan fingerprint density at radius 1 is 1.37 bits per heavy atom. The van der Waals surface area contributed by atoms with Gasteiger partial charge in [-0.05, 0) is 43.4 Å². The molecule has 7 heteroatoms. The molecule has 0 unspecified atom stereocenters.